The predicted molar refractivity (Wildman–Crippen MR) is 72.1 cm³/mol. The molecule has 5 heteroatoms. The van der Waals surface area contributed by atoms with Gasteiger partial charge in [-0.25, -0.2) is 0 Å². The number of aromatic hydroxyl groups is 2. The van der Waals surface area contributed by atoms with Crippen LogP contribution >= 0.6 is 0 Å². The predicted octanol–water partition coefficient (Wildman–Crippen LogP) is 1.81. The fourth-order valence-corrected chi connectivity index (χ4v) is 1.67. The van der Waals surface area contributed by atoms with E-state index in [1.54, 1.807) is 36.4 Å². The van der Waals surface area contributed by atoms with Gasteiger partial charge in [0.05, 0.1) is 0 Å². The highest BCUT2D eigenvalue weighted by Gasteiger charge is 2.05. The third-order valence-corrected chi connectivity index (χ3v) is 2.75. The fraction of sp³-hybridized carbons (Fsp3) is 0.0714. The van der Waals surface area contributed by atoms with Gasteiger partial charge < -0.3 is 21.3 Å². The van der Waals surface area contributed by atoms with Crippen LogP contribution in [0, 0.1) is 0 Å². The van der Waals surface area contributed by atoms with E-state index in [0.717, 1.165) is 5.69 Å². The molecule has 2 rings (SSSR count). The van der Waals surface area contributed by atoms with Crippen molar-refractivity contribution in [2.45, 2.75) is 6.54 Å². The number of hydrogen-bond donors (Lipinski definition) is 4. The van der Waals surface area contributed by atoms with E-state index in [2.05, 4.69) is 5.32 Å². The van der Waals surface area contributed by atoms with Gasteiger partial charge in [-0.2, -0.15) is 0 Å². The molecule has 0 radical (unpaired) electrons. The molecule has 98 valence electrons. The number of benzene rings is 2. The fourth-order valence-electron chi connectivity index (χ4n) is 1.67. The van der Waals surface area contributed by atoms with E-state index in [1.165, 1.54) is 6.07 Å². The molecule has 5 N–H and O–H groups in total. The number of phenols is 2. The second-order valence-electron chi connectivity index (χ2n) is 4.08. The van der Waals surface area contributed by atoms with E-state index in [-0.39, 0.29) is 11.5 Å². The number of carbonyl (C=O) groups excluding carboxylic acids is 1. The standard InChI is InChI=1S/C14H14N2O3/c15-14(19)9-4-6-11(7-5-9)16-8-10-2-1-3-12(17)13(10)18/h1-7,16-18H,8H2,(H2,15,19). The van der Waals surface area contributed by atoms with Crippen LogP contribution in [0.1, 0.15) is 15.9 Å². The van der Waals surface area contributed by atoms with Crippen molar-refractivity contribution in [1.29, 1.82) is 0 Å². The first-order valence-electron chi connectivity index (χ1n) is 5.71. The van der Waals surface area contributed by atoms with Crippen LogP contribution in [0.5, 0.6) is 11.5 Å². The van der Waals surface area contributed by atoms with Crippen LogP contribution in [0.4, 0.5) is 5.69 Å². The second-order valence-corrected chi connectivity index (χ2v) is 4.08. The van der Waals surface area contributed by atoms with Gasteiger partial charge in [-0.05, 0) is 30.3 Å². The number of phenolic OH excluding ortho intramolecular Hbond substituents is 2. The van der Waals surface area contributed by atoms with Crippen molar-refractivity contribution in [2.75, 3.05) is 5.32 Å². The molecule has 0 bridgehead atoms. The molecule has 0 saturated heterocycles. The molecule has 0 heterocycles. The highest BCUT2D eigenvalue weighted by atomic mass is 16.3. The monoisotopic (exact) mass is 258 g/mol. The molecule has 19 heavy (non-hydrogen) atoms. The summed E-state index contributed by atoms with van der Waals surface area (Å²) in [5.41, 5.74) is 6.95. The van der Waals surface area contributed by atoms with Gasteiger partial charge in [0, 0.05) is 23.4 Å². The molecule has 1 amide bonds. The molecular weight excluding hydrogens is 244 g/mol. The van der Waals surface area contributed by atoms with E-state index in [1.807, 2.05) is 0 Å². The molecule has 2 aromatic rings. The van der Waals surface area contributed by atoms with E-state index in [4.69, 9.17) is 5.73 Å². The smallest absolute Gasteiger partial charge is 0.248 e. The summed E-state index contributed by atoms with van der Waals surface area (Å²) in [5.74, 6) is -0.760. The van der Waals surface area contributed by atoms with Gasteiger partial charge in [0.2, 0.25) is 5.91 Å². The Hall–Kier alpha value is -2.69. The summed E-state index contributed by atoms with van der Waals surface area (Å²) < 4.78 is 0. The molecule has 0 aliphatic heterocycles. The average Bonchev–Trinajstić information content (AvgIpc) is 2.41. The minimum atomic E-state index is -0.475. The van der Waals surface area contributed by atoms with E-state index in [9.17, 15) is 15.0 Å². The molecule has 0 atom stereocenters. The van der Waals surface area contributed by atoms with Crippen LogP contribution in [0.25, 0.3) is 0 Å². The summed E-state index contributed by atoms with van der Waals surface area (Å²) in [6, 6.07) is 11.5. The number of hydrogen-bond acceptors (Lipinski definition) is 4. The van der Waals surface area contributed by atoms with Crippen molar-refractivity contribution < 1.29 is 15.0 Å². The van der Waals surface area contributed by atoms with Crippen LogP contribution < -0.4 is 11.1 Å². The van der Waals surface area contributed by atoms with Gasteiger partial charge in [0.15, 0.2) is 11.5 Å². The summed E-state index contributed by atoms with van der Waals surface area (Å²) in [4.78, 5) is 10.9. The Bertz CT molecular complexity index is 594. The molecule has 0 fully saturated rings. The number of anilines is 1. The summed E-state index contributed by atoms with van der Waals surface area (Å²) in [5, 5.41) is 22.1. The lowest BCUT2D eigenvalue weighted by Crippen LogP contribution is -2.10. The zero-order valence-corrected chi connectivity index (χ0v) is 10.1. The zero-order valence-electron chi connectivity index (χ0n) is 10.1. The van der Waals surface area contributed by atoms with Crippen molar-refractivity contribution in [1.82, 2.24) is 0 Å². The maximum Gasteiger partial charge on any atom is 0.248 e. The molecule has 0 aliphatic rings. The van der Waals surface area contributed by atoms with Crippen LogP contribution in [-0.4, -0.2) is 16.1 Å². The topological polar surface area (TPSA) is 95.6 Å². The van der Waals surface area contributed by atoms with Gasteiger partial charge in [-0.15, -0.1) is 0 Å². The van der Waals surface area contributed by atoms with Crippen molar-refractivity contribution in [3.05, 3.63) is 53.6 Å². The SMILES string of the molecule is NC(=O)c1ccc(NCc2cccc(O)c2O)cc1. The number of nitrogens with one attached hydrogen (secondary N) is 1. The zero-order chi connectivity index (χ0) is 13.8. The average molecular weight is 258 g/mol. The van der Waals surface area contributed by atoms with Gasteiger partial charge in [0.1, 0.15) is 0 Å². The minimum Gasteiger partial charge on any atom is -0.504 e. The van der Waals surface area contributed by atoms with Gasteiger partial charge in [-0.3, -0.25) is 4.79 Å². The van der Waals surface area contributed by atoms with E-state index in [0.29, 0.717) is 17.7 Å². The van der Waals surface area contributed by atoms with Crippen molar-refractivity contribution in [3.8, 4) is 11.5 Å². The summed E-state index contributed by atoms with van der Waals surface area (Å²) in [6.45, 7) is 0.357. The third-order valence-electron chi connectivity index (χ3n) is 2.75. The van der Waals surface area contributed by atoms with Crippen molar-refractivity contribution in [2.24, 2.45) is 5.73 Å². The first kappa shape index (κ1) is 12.8. The lowest BCUT2D eigenvalue weighted by molar-refractivity contribution is 0.100. The number of carbonyl (C=O) groups is 1. The van der Waals surface area contributed by atoms with Crippen LogP contribution in [0.15, 0.2) is 42.5 Å². The maximum absolute atomic E-state index is 10.9. The van der Waals surface area contributed by atoms with Crippen LogP contribution in [0.3, 0.4) is 0 Å². The Morgan fingerprint density at radius 1 is 1.11 bits per heavy atom. The molecule has 0 aliphatic carbocycles. The largest absolute Gasteiger partial charge is 0.504 e. The highest BCUT2D eigenvalue weighted by Crippen LogP contribution is 2.28. The van der Waals surface area contributed by atoms with Crippen molar-refractivity contribution in [3.63, 3.8) is 0 Å². The molecule has 0 spiro atoms. The van der Waals surface area contributed by atoms with Crippen LogP contribution in [0.2, 0.25) is 0 Å². The lowest BCUT2D eigenvalue weighted by Gasteiger charge is -2.09. The normalized spacial score (nSPS) is 10.1. The number of nitrogens with two attached hydrogens (primary N) is 1. The number of primary amides is 1. The first-order valence-corrected chi connectivity index (χ1v) is 5.71. The molecule has 2 aromatic carbocycles. The molecule has 0 aromatic heterocycles. The number of para-hydroxylation sites is 1. The summed E-state index contributed by atoms with van der Waals surface area (Å²) in [7, 11) is 0. The Labute approximate surface area is 110 Å². The lowest BCUT2D eigenvalue weighted by atomic mass is 10.1. The quantitative estimate of drug-likeness (QED) is 0.629. The summed E-state index contributed by atoms with van der Waals surface area (Å²) >= 11 is 0. The van der Waals surface area contributed by atoms with Crippen LogP contribution in [-0.2, 0) is 6.54 Å². The second kappa shape index (κ2) is 5.30. The Kier molecular flexibility index (Phi) is 3.56. The van der Waals surface area contributed by atoms with Gasteiger partial charge >= 0.3 is 0 Å². The highest BCUT2D eigenvalue weighted by molar-refractivity contribution is 5.93. The number of amides is 1. The van der Waals surface area contributed by atoms with Crippen molar-refractivity contribution >= 4 is 11.6 Å². The Morgan fingerprint density at radius 2 is 1.79 bits per heavy atom. The van der Waals surface area contributed by atoms with Gasteiger partial charge in [0.25, 0.3) is 0 Å². The summed E-state index contributed by atoms with van der Waals surface area (Å²) in [6.07, 6.45) is 0. The van der Waals surface area contributed by atoms with Gasteiger partial charge in [-0.1, -0.05) is 12.1 Å². The minimum absolute atomic E-state index is 0.135. The Balaban J connectivity index is 2.06. The molecule has 0 saturated carbocycles. The number of rotatable bonds is 4. The maximum atomic E-state index is 10.9. The third kappa shape index (κ3) is 2.95. The molecular formula is C14H14N2O3. The van der Waals surface area contributed by atoms with E-state index >= 15 is 0 Å². The Morgan fingerprint density at radius 3 is 2.42 bits per heavy atom. The van der Waals surface area contributed by atoms with E-state index < -0.39 is 5.91 Å². The first-order chi connectivity index (χ1) is 9.08. The molecule has 5 nitrogen and oxygen atoms in total. The molecule has 0 unspecified atom stereocenters.